The predicted molar refractivity (Wildman–Crippen MR) is 83.4 cm³/mol. The molecule has 112 valence electrons. The summed E-state index contributed by atoms with van der Waals surface area (Å²) in [7, 11) is 3.96. The second-order valence-electron chi connectivity index (χ2n) is 5.57. The molecule has 1 amide bonds. The Labute approximate surface area is 128 Å². The van der Waals surface area contributed by atoms with Crippen molar-refractivity contribution in [1.82, 2.24) is 9.80 Å². The molecule has 0 spiro atoms. The van der Waals surface area contributed by atoms with Gasteiger partial charge in [0.25, 0.3) is 5.91 Å². The fraction of sp³-hybridized carbons (Fsp3) is 0.533. The summed E-state index contributed by atoms with van der Waals surface area (Å²) in [5, 5.41) is 0. The van der Waals surface area contributed by atoms with E-state index in [0.29, 0.717) is 29.0 Å². The summed E-state index contributed by atoms with van der Waals surface area (Å²) in [5.41, 5.74) is 0.505. The molecule has 20 heavy (non-hydrogen) atoms. The van der Waals surface area contributed by atoms with Crippen LogP contribution in [0.1, 0.15) is 24.2 Å². The summed E-state index contributed by atoms with van der Waals surface area (Å²) in [6.45, 7) is 6.31. The number of carbonyl (C=O) groups is 1. The molecule has 0 saturated carbocycles. The van der Waals surface area contributed by atoms with E-state index in [4.69, 9.17) is 0 Å². The number of likely N-dealkylation sites (N-methyl/N-ethyl adjacent to an activating group) is 1. The van der Waals surface area contributed by atoms with Gasteiger partial charge in [-0.15, -0.1) is 0 Å². The Hall–Kier alpha value is -0.940. The number of halogens is 2. The van der Waals surface area contributed by atoms with E-state index in [1.807, 2.05) is 23.9 Å². The van der Waals surface area contributed by atoms with Crippen LogP contribution in [0.3, 0.4) is 0 Å². The number of rotatable bonds is 6. The lowest BCUT2D eigenvalue weighted by Gasteiger charge is -2.26. The molecule has 0 bridgehead atoms. The van der Waals surface area contributed by atoms with E-state index in [1.54, 1.807) is 0 Å². The average molecular weight is 345 g/mol. The van der Waals surface area contributed by atoms with Crippen LogP contribution in [0.15, 0.2) is 22.7 Å². The van der Waals surface area contributed by atoms with E-state index in [0.717, 1.165) is 6.54 Å². The number of hydrogen-bond donors (Lipinski definition) is 0. The predicted octanol–water partition coefficient (Wildman–Crippen LogP) is 3.25. The SMILES string of the molecule is CC(C)CN(CCN(C)C)C(=O)c1ccc(F)cc1Br. The van der Waals surface area contributed by atoms with Gasteiger partial charge in [-0.3, -0.25) is 4.79 Å². The van der Waals surface area contributed by atoms with E-state index in [1.165, 1.54) is 18.2 Å². The van der Waals surface area contributed by atoms with Crippen molar-refractivity contribution >= 4 is 21.8 Å². The number of carbonyl (C=O) groups excluding carboxylic acids is 1. The molecule has 0 aliphatic heterocycles. The molecule has 0 fully saturated rings. The van der Waals surface area contributed by atoms with Crippen LogP contribution in [-0.2, 0) is 0 Å². The maximum atomic E-state index is 13.1. The molecular formula is C15H22BrFN2O. The minimum absolute atomic E-state index is 0.0626. The van der Waals surface area contributed by atoms with Gasteiger partial charge in [0.2, 0.25) is 0 Å². The third kappa shape index (κ3) is 5.21. The van der Waals surface area contributed by atoms with E-state index in [-0.39, 0.29) is 11.7 Å². The van der Waals surface area contributed by atoms with E-state index >= 15 is 0 Å². The Balaban J connectivity index is 2.90. The highest BCUT2D eigenvalue weighted by Crippen LogP contribution is 2.20. The molecule has 0 unspecified atom stereocenters. The molecule has 1 aromatic rings. The lowest BCUT2D eigenvalue weighted by molar-refractivity contribution is 0.0723. The molecule has 1 aromatic carbocycles. The molecule has 0 aliphatic rings. The summed E-state index contributed by atoms with van der Waals surface area (Å²) >= 11 is 3.26. The Morgan fingerprint density at radius 3 is 2.45 bits per heavy atom. The lowest BCUT2D eigenvalue weighted by Crippen LogP contribution is -2.39. The minimum atomic E-state index is -0.350. The fourth-order valence-corrected chi connectivity index (χ4v) is 2.39. The molecule has 1 rings (SSSR count). The van der Waals surface area contributed by atoms with Gasteiger partial charge in [-0.25, -0.2) is 4.39 Å². The summed E-state index contributed by atoms with van der Waals surface area (Å²) < 4.78 is 13.6. The van der Waals surface area contributed by atoms with Gasteiger partial charge in [0.15, 0.2) is 0 Å². The number of benzene rings is 1. The van der Waals surface area contributed by atoms with Crippen LogP contribution in [0.25, 0.3) is 0 Å². The van der Waals surface area contributed by atoms with Crippen molar-refractivity contribution in [2.45, 2.75) is 13.8 Å². The normalized spacial score (nSPS) is 11.2. The first-order chi connectivity index (χ1) is 9.31. The zero-order valence-electron chi connectivity index (χ0n) is 12.5. The first kappa shape index (κ1) is 17.1. The molecule has 0 aromatic heterocycles. The fourth-order valence-electron chi connectivity index (χ4n) is 1.87. The Bertz CT molecular complexity index is 463. The summed E-state index contributed by atoms with van der Waals surface area (Å²) in [6.07, 6.45) is 0. The maximum Gasteiger partial charge on any atom is 0.255 e. The molecular weight excluding hydrogens is 323 g/mol. The number of nitrogens with zero attached hydrogens (tertiary/aromatic N) is 2. The van der Waals surface area contributed by atoms with Crippen LogP contribution >= 0.6 is 15.9 Å². The third-order valence-electron chi connectivity index (χ3n) is 2.85. The zero-order chi connectivity index (χ0) is 15.3. The van der Waals surface area contributed by atoms with Crippen LogP contribution in [-0.4, -0.2) is 49.4 Å². The molecule has 5 heteroatoms. The van der Waals surface area contributed by atoms with Crippen molar-refractivity contribution in [1.29, 1.82) is 0 Å². The Morgan fingerprint density at radius 1 is 1.30 bits per heavy atom. The monoisotopic (exact) mass is 344 g/mol. The van der Waals surface area contributed by atoms with E-state index in [9.17, 15) is 9.18 Å². The van der Waals surface area contributed by atoms with Gasteiger partial charge in [-0.1, -0.05) is 13.8 Å². The molecule has 0 N–H and O–H groups in total. The van der Waals surface area contributed by atoms with Gasteiger partial charge in [0.1, 0.15) is 5.82 Å². The highest BCUT2D eigenvalue weighted by Gasteiger charge is 2.19. The van der Waals surface area contributed by atoms with Crippen LogP contribution < -0.4 is 0 Å². The van der Waals surface area contributed by atoms with Crippen molar-refractivity contribution < 1.29 is 9.18 Å². The lowest BCUT2D eigenvalue weighted by atomic mass is 10.1. The van der Waals surface area contributed by atoms with Crippen LogP contribution in [0.4, 0.5) is 4.39 Å². The molecule has 0 atom stereocenters. The molecule has 0 heterocycles. The van der Waals surface area contributed by atoms with Gasteiger partial charge >= 0.3 is 0 Å². The second-order valence-corrected chi connectivity index (χ2v) is 6.43. The van der Waals surface area contributed by atoms with Crippen molar-refractivity contribution in [3.8, 4) is 0 Å². The Kier molecular flexibility index (Phi) is 6.62. The highest BCUT2D eigenvalue weighted by molar-refractivity contribution is 9.10. The number of amides is 1. The van der Waals surface area contributed by atoms with Gasteiger partial charge in [-0.2, -0.15) is 0 Å². The maximum absolute atomic E-state index is 13.1. The quantitative estimate of drug-likeness (QED) is 0.790. The third-order valence-corrected chi connectivity index (χ3v) is 3.51. The van der Waals surface area contributed by atoms with Gasteiger partial charge in [0, 0.05) is 24.1 Å². The largest absolute Gasteiger partial charge is 0.337 e. The molecule has 0 saturated heterocycles. The van der Waals surface area contributed by atoms with Crippen molar-refractivity contribution in [3.63, 3.8) is 0 Å². The first-order valence-corrected chi connectivity index (χ1v) is 7.49. The van der Waals surface area contributed by atoms with Crippen molar-refractivity contribution in [3.05, 3.63) is 34.1 Å². The summed E-state index contributed by atoms with van der Waals surface area (Å²) in [6, 6.07) is 4.18. The number of hydrogen-bond acceptors (Lipinski definition) is 2. The summed E-state index contributed by atoms with van der Waals surface area (Å²) in [4.78, 5) is 16.4. The second kappa shape index (κ2) is 7.74. The van der Waals surface area contributed by atoms with Crippen molar-refractivity contribution in [2.75, 3.05) is 33.7 Å². The minimum Gasteiger partial charge on any atom is -0.337 e. The summed E-state index contributed by atoms with van der Waals surface area (Å²) in [5.74, 6) is -0.0233. The van der Waals surface area contributed by atoms with Gasteiger partial charge in [0.05, 0.1) is 5.56 Å². The smallest absolute Gasteiger partial charge is 0.255 e. The molecule has 3 nitrogen and oxygen atoms in total. The zero-order valence-corrected chi connectivity index (χ0v) is 14.1. The van der Waals surface area contributed by atoms with E-state index < -0.39 is 0 Å². The highest BCUT2D eigenvalue weighted by atomic mass is 79.9. The van der Waals surface area contributed by atoms with E-state index in [2.05, 4.69) is 29.8 Å². The topological polar surface area (TPSA) is 23.6 Å². The standard InChI is InChI=1S/C15H22BrFN2O/c1-11(2)10-19(8-7-18(3)4)15(20)13-6-5-12(17)9-14(13)16/h5-6,9,11H,7-8,10H2,1-4H3. The first-order valence-electron chi connectivity index (χ1n) is 6.70. The van der Waals surface area contributed by atoms with Crippen LogP contribution in [0.5, 0.6) is 0 Å². The van der Waals surface area contributed by atoms with Crippen molar-refractivity contribution in [2.24, 2.45) is 5.92 Å². The van der Waals surface area contributed by atoms with Crippen LogP contribution in [0, 0.1) is 11.7 Å². The van der Waals surface area contributed by atoms with Gasteiger partial charge in [-0.05, 0) is 54.1 Å². The average Bonchev–Trinajstić information content (AvgIpc) is 2.33. The van der Waals surface area contributed by atoms with Gasteiger partial charge < -0.3 is 9.80 Å². The molecule has 0 aliphatic carbocycles. The van der Waals surface area contributed by atoms with Crippen LogP contribution in [0.2, 0.25) is 0 Å². The molecule has 0 radical (unpaired) electrons. The Morgan fingerprint density at radius 2 is 1.95 bits per heavy atom.